The predicted molar refractivity (Wildman–Crippen MR) is 94.5 cm³/mol. The second kappa shape index (κ2) is 8.26. The molecule has 1 heterocycles. The van der Waals surface area contributed by atoms with Crippen LogP contribution in [0.4, 0.5) is 6.01 Å². The lowest BCUT2D eigenvalue weighted by Crippen LogP contribution is -2.21. The van der Waals surface area contributed by atoms with Gasteiger partial charge in [0, 0.05) is 10.6 Å². The molecule has 0 aliphatic heterocycles. The lowest BCUT2D eigenvalue weighted by atomic mass is 10.1. The summed E-state index contributed by atoms with van der Waals surface area (Å²) in [5.74, 6) is -0.874. The molecule has 0 saturated carbocycles. The van der Waals surface area contributed by atoms with Gasteiger partial charge in [-0.15, -0.1) is 5.10 Å². The maximum atomic E-state index is 11.8. The number of hydrogen-bond donors (Lipinski definition) is 1. The number of hydrogen-bond acceptors (Lipinski definition) is 6. The third-order valence-corrected chi connectivity index (χ3v) is 3.72. The molecule has 8 heteroatoms. The minimum atomic E-state index is -0.583. The number of amides is 1. The van der Waals surface area contributed by atoms with Crippen LogP contribution in [0.5, 0.6) is 0 Å². The van der Waals surface area contributed by atoms with E-state index in [1.54, 1.807) is 36.4 Å². The molecule has 0 unspecified atom stereocenters. The molecule has 0 spiro atoms. The number of aromatic nitrogens is 2. The maximum Gasteiger partial charge on any atom is 0.322 e. The molecule has 1 aromatic heterocycles. The second-order valence-corrected chi connectivity index (χ2v) is 5.66. The molecule has 26 heavy (non-hydrogen) atoms. The smallest absolute Gasteiger partial charge is 0.322 e. The summed E-state index contributed by atoms with van der Waals surface area (Å²) >= 11 is 5.98. The molecule has 1 amide bonds. The van der Waals surface area contributed by atoms with Gasteiger partial charge in [0.05, 0.1) is 6.42 Å². The third-order valence-electron chi connectivity index (χ3n) is 3.35. The van der Waals surface area contributed by atoms with Crippen molar-refractivity contribution in [3.63, 3.8) is 0 Å². The van der Waals surface area contributed by atoms with Crippen LogP contribution in [0.15, 0.2) is 59.0 Å². The Morgan fingerprint density at radius 3 is 2.54 bits per heavy atom. The molecule has 0 radical (unpaired) electrons. The van der Waals surface area contributed by atoms with Crippen LogP contribution < -0.4 is 5.32 Å². The van der Waals surface area contributed by atoms with Crippen LogP contribution in [0.2, 0.25) is 5.02 Å². The Morgan fingerprint density at radius 2 is 1.77 bits per heavy atom. The van der Waals surface area contributed by atoms with Crippen LogP contribution >= 0.6 is 11.6 Å². The lowest BCUT2D eigenvalue weighted by molar-refractivity contribution is -0.146. The minimum Gasteiger partial charge on any atom is -0.455 e. The Morgan fingerprint density at radius 1 is 1.04 bits per heavy atom. The molecule has 0 atom stereocenters. The quantitative estimate of drug-likeness (QED) is 0.669. The molecule has 2 aromatic carbocycles. The number of ether oxygens (including phenoxy) is 1. The Balaban J connectivity index is 1.49. The summed E-state index contributed by atoms with van der Waals surface area (Å²) in [6.07, 6.45) is -0.0222. The van der Waals surface area contributed by atoms with Gasteiger partial charge in [0.2, 0.25) is 5.89 Å². The van der Waals surface area contributed by atoms with Crippen molar-refractivity contribution in [1.82, 2.24) is 10.2 Å². The van der Waals surface area contributed by atoms with Crippen molar-refractivity contribution in [3.05, 3.63) is 65.2 Å². The van der Waals surface area contributed by atoms with Crippen LogP contribution in [-0.4, -0.2) is 28.7 Å². The van der Waals surface area contributed by atoms with Crippen molar-refractivity contribution in [2.24, 2.45) is 0 Å². The van der Waals surface area contributed by atoms with Crippen molar-refractivity contribution in [2.75, 3.05) is 11.9 Å². The van der Waals surface area contributed by atoms with E-state index in [4.69, 9.17) is 20.8 Å². The average molecular weight is 372 g/mol. The number of rotatable bonds is 6. The number of nitrogens with zero attached hydrogens (tertiary/aromatic N) is 2. The van der Waals surface area contributed by atoms with Gasteiger partial charge >= 0.3 is 12.0 Å². The summed E-state index contributed by atoms with van der Waals surface area (Å²) in [4.78, 5) is 23.6. The highest BCUT2D eigenvalue weighted by molar-refractivity contribution is 6.31. The van der Waals surface area contributed by atoms with Gasteiger partial charge in [-0.05, 0) is 23.8 Å². The molecule has 0 saturated heterocycles. The van der Waals surface area contributed by atoms with Gasteiger partial charge in [0.15, 0.2) is 6.61 Å². The summed E-state index contributed by atoms with van der Waals surface area (Å²) in [6.45, 7) is -0.466. The molecule has 7 nitrogen and oxygen atoms in total. The van der Waals surface area contributed by atoms with Crippen LogP contribution in [-0.2, 0) is 20.7 Å². The zero-order valence-electron chi connectivity index (χ0n) is 13.5. The van der Waals surface area contributed by atoms with Crippen molar-refractivity contribution >= 4 is 29.5 Å². The summed E-state index contributed by atoms with van der Waals surface area (Å²) in [6, 6.07) is 16.0. The first kappa shape index (κ1) is 17.6. The Bertz CT molecular complexity index is 912. The Labute approximate surface area is 153 Å². The molecule has 3 rings (SSSR count). The maximum absolute atomic E-state index is 11.8. The number of carbonyl (C=O) groups is 2. The van der Waals surface area contributed by atoms with E-state index < -0.39 is 18.5 Å². The van der Waals surface area contributed by atoms with E-state index in [2.05, 4.69) is 15.5 Å². The molecule has 1 N–H and O–H groups in total. The highest BCUT2D eigenvalue weighted by Crippen LogP contribution is 2.19. The Kier molecular flexibility index (Phi) is 5.60. The third kappa shape index (κ3) is 4.67. The van der Waals surface area contributed by atoms with Crippen LogP contribution in [0, 0.1) is 0 Å². The number of nitrogens with one attached hydrogen (secondary N) is 1. The first-order valence-corrected chi connectivity index (χ1v) is 8.07. The van der Waals surface area contributed by atoms with E-state index in [1.165, 1.54) is 0 Å². The topological polar surface area (TPSA) is 94.3 Å². The predicted octanol–water partition coefficient (Wildman–Crippen LogP) is 3.11. The monoisotopic (exact) mass is 371 g/mol. The number of benzene rings is 2. The van der Waals surface area contributed by atoms with E-state index in [-0.39, 0.29) is 18.3 Å². The van der Waals surface area contributed by atoms with Crippen molar-refractivity contribution < 1.29 is 18.7 Å². The lowest BCUT2D eigenvalue weighted by Gasteiger charge is -2.05. The van der Waals surface area contributed by atoms with E-state index in [0.29, 0.717) is 10.6 Å². The zero-order chi connectivity index (χ0) is 18.4. The fourth-order valence-electron chi connectivity index (χ4n) is 2.12. The van der Waals surface area contributed by atoms with E-state index >= 15 is 0 Å². The molecular formula is C18H14ClN3O4. The minimum absolute atomic E-state index is 0.0222. The number of anilines is 1. The first-order chi connectivity index (χ1) is 12.6. The van der Waals surface area contributed by atoms with Crippen LogP contribution in [0.3, 0.4) is 0 Å². The summed E-state index contributed by atoms with van der Waals surface area (Å²) in [7, 11) is 0. The first-order valence-electron chi connectivity index (χ1n) is 7.69. The number of esters is 1. The van der Waals surface area contributed by atoms with E-state index in [1.807, 2.05) is 18.2 Å². The van der Waals surface area contributed by atoms with E-state index in [0.717, 1.165) is 5.56 Å². The second-order valence-electron chi connectivity index (χ2n) is 5.26. The summed E-state index contributed by atoms with van der Waals surface area (Å²) in [5, 5.41) is 10.4. The number of carbonyl (C=O) groups excluding carboxylic acids is 2. The highest BCUT2D eigenvalue weighted by atomic mass is 35.5. The summed E-state index contributed by atoms with van der Waals surface area (Å²) < 4.78 is 10.3. The fourth-order valence-corrected chi connectivity index (χ4v) is 2.32. The van der Waals surface area contributed by atoms with Gasteiger partial charge in [0.1, 0.15) is 0 Å². The largest absolute Gasteiger partial charge is 0.455 e. The zero-order valence-corrected chi connectivity index (χ0v) is 14.3. The standard InChI is InChI=1S/C18H14ClN3O4/c19-14-9-5-4-8-13(14)10-16(24)25-11-15(23)20-18-22-21-17(26-18)12-6-2-1-3-7-12/h1-9H,10-11H2,(H,20,22,23). The molecule has 0 aliphatic carbocycles. The van der Waals surface area contributed by atoms with Gasteiger partial charge in [-0.2, -0.15) is 0 Å². The molecule has 0 fully saturated rings. The van der Waals surface area contributed by atoms with Crippen LogP contribution in [0.25, 0.3) is 11.5 Å². The van der Waals surface area contributed by atoms with Gasteiger partial charge in [-0.25, -0.2) is 0 Å². The molecule has 0 bridgehead atoms. The van der Waals surface area contributed by atoms with Gasteiger partial charge in [-0.3, -0.25) is 14.9 Å². The van der Waals surface area contributed by atoms with Gasteiger partial charge < -0.3 is 9.15 Å². The molecule has 132 valence electrons. The normalized spacial score (nSPS) is 10.3. The SMILES string of the molecule is O=C(COC(=O)Cc1ccccc1Cl)Nc1nnc(-c2ccccc2)o1. The number of halogens is 1. The van der Waals surface area contributed by atoms with Gasteiger partial charge in [-0.1, -0.05) is 53.1 Å². The molecular weight excluding hydrogens is 358 g/mol. The van der Waals surface area contributed by atoms with Gasteiger partial charge in [0.25, 0.3) is 5.91 Å². The molecule has 0 aliphatic rings. The average Bonchev–Trinajstić information content (AvgIpc) is 3.11. The summed E-state index contributed by atoms with van der Waals surface area (Å²) in [5.41, 5.74) is 1.36. The highest BCUT2D eigenvalue weighted by Gasteiger charge is 2.14. The van der Waals surface area contributed by atoms with Crippen molar-refractivity contribution in [3.8, 4) is 11.5 Å². The van der Waals surface area contributed by atoms with E-state index in [9.17, 15) is 9.59 Å². The van der Waals surface area contributed by atoms with Crippen molar-refractivity contribution in [2.45, 2.75) is 6.42 Å². The van der Waals surface area contributed by atoms with Crippen molar-refractivity contribution in [1.29, 1.82) is 0 Å². The van der Waals surface area contributed by atoms with Crippen LogP contribution in [0.1, 0.15) is 5.56 Å². The fraction of sp³-hybridized carbons (Fsp3) is 0.111. The Hall–Kier alpha value is -3.19. The molecule has 3 aromatic rings.